The molecular weight excluding hydrogens is 321 g/mol. The Morgan fingerprint density at radius 2 is 1.52 bits per heavy atom. The molecule has 1 fully saturated rings. The van der Waals surface area contributed by atoms with Crippen LogP contribution < -0.4 is 9.80 Å². The van der Waals surface area contributed by atoms with Crippen LogP contribution in [0, 0.1) is 5.82 Å². The van der Waals surface area contributed by atoms with Crippen molar-refractivity contribution in [3.63, 3.8) is 0 Å². The van der Waals surface area contributed by atoms with Gasteiger partial charge in [-0.15, -0.1) is 10.2 Å². The summed E-state index contributed by atoms with van der Waals surface area (Å²) in [6, 6.07) is 9.59. The highest BCUT2D eigenvalue weighted by Crippen LogP contribution is 2.18. The van der Waals surface area contributed by atoms with Gasteiger partial charge in [-0.05, 0) is 24.3 Å². The largest absolute Gasteiger partial charge is 0.352 e. The molecule has 1 aliphatic rings. The number of nitrogens with zero attached hydrogens (tertiary/aromatic N) is 7. The third-order valence-electron chi connectivity index (χ3n) is 4.07. The van der Waals surface area contributed by atoms with Crippen LogP contribution in [0.4, 0.5) is 16.2 Å². The van der Waals surface area contributed by atoms with E-state index in [2.05, 4.69) is 30.0 Å². The first-order valence-corrected chi connectivity index (χ1v) is 8.02. The predicted molar refractivity (Wildman–Crippen MR) is 91.7 cm³/mol. The van der Waals surface area contributed by atoms with E-state index in [1.807, 2.05) is 35.2 Å². The fourth-order valence-electron chi connectivity index (χ4n) is 2.75. The molecule has 0 aliphatic carbocycles. The van der Waals surface area contributed by atoms with Crippen LogP contribution in [-0.2, 0) is 0 Å². The number of anilines is 2. The molecule has 0 spiro atoms. The van der Waals surface area contributed by atoms with E-state index in [4.69, 9.17) is 0 Å². The number of halogens is 1. The number of hydrogen-bond donors (Lipinski definition) is 0. The number of piperazine rings is 1. The quantitative estimate of drug-likeness (QED) is 0.721. The highest BCUT2D eigenvalue weighted by Gasteiger charge is 2.20. The van der Waals surface area contributed by atoms with Crippen LogP contribution in [0.5, 0.6) is 0 Å². The Morgan fingerprint density at radius 1 is 0.760 bits per heavy atom. The van der Waals surface area contributed by atoms with Crippen molar-refractivity contribution in [3.05, 3.63) is 54.7 Å². The van der Waals surface area contributed by atoms with Crippen molar-refractivity contribution in [2.24, 2.45) is 0 Å². The second-order valence-electron chi connectivity index (χ2n) is 5.67. The monoisotopic (exact) mass is 337 g/mol. The highest BCUT2D eigenvalue weighted by molar-refractivity contribution is 5.55. The van der Waals surface area contributed by atoms with Crippen LogP contribution in [0.25, 0.3) is 11.4 Å². The standard InChI is InChI=1S/C17H16FN7/c18-13-11-20-17(21-12-13)25-9-7-24(8-10-25)16-5-4-15(22-23-16)14-3-1-2-6-19-14/h1-6,11-12H,7-10H2. The van der Waals surface area contributed by atoms with Crippen molar-refractivity contribution in [2.75, 3.05) is 36.0 Å². The van der Waals surface area contributed by atoms with Crippen molar-refractivity contribution >= 4 is 11.8 Å². The highest BCUT2D eigenvalue weighted by atomic mass is 19.1. The van der Waals surface area contributed by atoms with Gasteiger partial charge in [-0.1, -0.05) is 6.07 Å². The van der Waals surface area contributed by atoms with Gasteiger partial charge in [0, 0.05) is 32.4 Å². The lowest BCUT2D eigenvalue weighted by Crippen LogP contribution is -2.47. The van der Waals surface area contributed by atoms with Crippen molar-refractivity contribution in [3.8, 4) is 11.4 Å². The predicted octanol–water partition coefficient (Wildman–Crippen LogP) is 1.79. The first-order valence-electron chi connectivity index (χ1n) is 8.02. The summed E-state index contributed by atoms with van der Waals surface area (Å²) in [6.07, 6.45) is 4.12. The Balaban J connectivity index is 1.41. The van der Waals surface area contributed by atoms with Gasteiger partial charge in [0.1, 0.15) is 5.69 Å². The van der Waals surface area contributed by atoms with Crippen LogP contribution in [0.3, 0.4) is 0 Å². The molecule has 3 aromatic heterocycles. The zero-order chi connectivity index (χ0) is 17.1. The molecule has 8 heteroatoms. The molecular formula is C17H16FN7. The number of aromatic nitrogens is 5. The first-order chi connectivity index (χ1) is 12.3. The van der Waals surface area contributed by atoms with E-state index in [0.717, 1.165) is 43.4 Å². The molecule has 3 aromatic rings. The van der Waals surface area contributed by atoms with Gasteiger partial charge in [0.05, 0.1) is 18.1 Å². The second-order valence-corrected chi connectivity index (χ2v) is 5.67. The topological polar surface area (TPSA) is 70.9 Å². The smallest absolute Gasteiger partial charge is 0.225 e. The average molecular weight is 337 g/mol. The first kappa shape index (κ1) is 15.4. The second kappa shape index (κ2) is 6.76. The molecule has 4 heterocycles. The lowest BCUT2D eigenvalue weighted by Gasteiger charge is -2.35. The molecule has 0 amide bonds. The normalized spacial score (nSPS) is 14.6. The molecule has 0 bridgehead atoms. The van der Waals surface area contributed by atoms with E-state index in [1.165, 1.54) is 12.4 Å². The van der Waals surface area contributed by atoms with E-state index in [1.54, 1.807) is 6.20 Å². The molecule has 4 rings (SSSR count). The van der Waals surface area contributed by atoms with Crippen LogP contribution in [0.2, 0.25) is 0 Å². The van der Waals surface area contributed by atoms with E-state index in [9.17, 15) is 4.39 Å². The Morgan fingerprint density at radius 3 is 2.16 bits per heavy atom. The van der Waals surface area contributed by atoms with Gasteiger partial charge in [-0.25, -0.2) is 14.4 Å². The SMILES string of the molecule is Fc1cnc(N2CCN(c3ccc(-c4ccccn4)nn3)CC2)nc1. The summed E-state index contributed by atoms with van der Waals surface area (Å²) < 4.78 is 12.9. The van der Waals surface area contributed by atoms with Gasteiger partial charge in [0.2, 0.25) is 5.95 Å². The van der Waals surface area contributed by atoms with Gasteiger partial charge < -0.3 is 9.80 Å². The number of pyridine rings is 1. The zero-order valence-electron chi connectivity index (χ0n) is 13.5. The summed E-state index contributed by atoms with van der Waals surface area (Å²) in [5, 5.41) is 8.60. The minimum absolute atomic E-state index is 0.425. The van der Waals surface area contributed by atoms with Gasteiger partial charge in [0.15, 0.2) is 11.6 Å². The molecule has 1 aliphatic heterocycles. The fourth-order valence-corrected chi connectivity index (χ4v) is 2.75. The van der Waals surface area contributed by atoms with Gasteiger partial charge in [-0.2, -0.15) is 0 Å². The summed E-state index contributed by atoms with van der Waals surface area (Å²) >= 11 is 0. The van der Waals surface area contributed by atoms with Crippen LogP contribution >= 0.6 is 0 Å². The summed E-state index contributed by atoms with van der Waals surface area (Å²) in [6.45, 7) is 3.04. The molecule has 0 aromatic carbocycles. The summed E-state index contributed by atoms with van der Waals surface area (Å²) in [5.74, 6) is 0.961. The van der Waals surface area contributed by atoms with Crippen LogP contribution in [-0.4, -0.2) is 51.3 Å². The minimum Gasteiger partial charge on any atom is -0.352 e. The Kier molecular flexibility index (Phi) is 4.16. The maximum absolute atomic E-state index is 12.9. The molecule has 0 unspecified atom stereocenters. The van der Waals surface area contributed by atoms with Gasteiger partial charge in [-0.3, -0.25) is 4.98 Å². The molecule has 0 N–H and O–H groups in total. The van der Waals surface area contributed by atoms with Crippen molar-refractivity contribution in [2.45, 2.75) is 0 Å². The van der Waals surface area contributed by atoms with E-state index in [-0.39, 0.29) is 0 Å². The fraction of sp³-hybridized carbons (Fsp3) is 0.235. The van der Waals surface area contributed by atoms with Gasteiger partial charge in [0.25, 0.3) is 0 Å². The van der Waals surface area contributed by atoms with Crippen molar-refractivity contribution < 1.29 is 4.39 Å². The van der Waals surface area contributed by atoms with Crippen LogP contribution in [0.1, 0.15) is 0 Å². The molecule has 0 radical (unpaired) electrons. The van der Waals surface area contributed by atoms with E-state index in [0.29, 0.717) is 5.95 Å². The molecule has 0 atom stereocenters. The van der Waals surface area contributed by atoms with E-state index >= 15 is 0 Å². The lowest BCUT2D eigenvalue weighted by atomic mass is 10.2. The molecule has 126 valence electrons. The zero-order valence-corrected chi connectivity index (χ0v) is 13.5. The van der Waals surface area contributed by atoms with Crippen molar-refractivity contribution in [1.82, 2.24) is 25.1 Å². The summed E-state index contributed by atoms with van der Waals surface area (Å²) in [5.41, 5.74) is 1.56. The maximum Gasteiger partial charge on any atom is 0.225 e. The number of hydrogen-bond acceptors (Lipinski definition) is 7. The third-order valence-corrected chi connectivity index (χ3v) is 4.07. The summed E-state index contributed by atoms with van der Waals surface area (Å²) in [4.78, 5) is 16.5. The Hall–Kier alpha value is -3.16. The Bertz CT molecular complexity index is 816. The minimum atomic E-state index is -0.425. The average Bonchev–Trinajstić information content (AvgIpc) is 2.70. The molecule has 0 saturated carbocycles. The molecule has 25 heavy (non-hydrogen) atoms. The lowest BCUT2D eigenvalue weighted by molar-refractivity contribution is 0.601. The summed E-state index contributed by atoms with van der Waals surface area (Å²) in [7, 11) is 0. The maximum atomic E-state index is 12.9. The molecule has 1 saturated heterocycles. The Labute approximate surface area is 144 Å². The van der Waals surface area contributed by atoms with Crippen molar-refractivity contribution in [1.29, 1.82) is 0 Å². The number of rotatable bonds is 3. The van der Waals surface area contributed by atoms with Gasteiger partial charge >= 0.3 is 0 Å². The molecule has 7 nitrogen and oxygen atoms in total. The van der Waals surface area contributed by atoms with Crippen LogP contribution in [0.15, 0.2) is 48.9 Å². The third kappa shape index (κ3) is 3.37. The van der Waals surface area contributed by atoms with E-state index < -0.39 is 5.82 Å².